The lowest BCUT2D eigenvalue weighted by molar-refractivity contribution is -0.00858. The molecule has 1 heterocycles. The fourth-order valence-corrected chi connectivity index (χ4v) is 2.76. The molecule has 1 fully saturated rings. The number of nitrogens with two attached hydrogens (primary N) is 1. The number of fused-ring (bicyclic) bond motifs is 1. The minimum Gasteiger partial charge on any atom is -0.496 e. The van der Waals surface area contributed by atoms with Gasteiger partial charge in [0.1, 0.15) is 5.75 Å². The Labute approximate surface area is 138 Å². The number of halogens is 2. The summed E-state index contributed by atoms with van der Waals surface area (Å²) >= 11 is 12.4. The Morgan fingerprint density at radius 1 is 1.32 bits per heavy atom. The molecule has 1 aromatic rings. The van der Waals surface area contributed by atoms with Crippen molar-refractivity contribution in [2.24, 2.45) is 5.73 Å². The molecule has 0 aromatic heterocycles. The highest BCUT2D eigenvalue weighted by molar-refractivity contribution is 6.31. The van der Waals surface area contributed by atoms with Crippen LogP contribution in [-0.2, 0) is 9.47 Å². The first-order valence-corrected chi connectivity index (χ1v) is 7.56. The van der Waals surface area contributed by atoms with E-state index in [0.717, 1.165) is 11.1 Å². The molecular formula is C16H15Cl2NO3. The summed E-state index contributed by atoms with van der Waals surface area (Å²) in [6.45, 7) is 0.262. The summed E-state index contributed by atoms with van der Waals surface area (Å²) in [7, 11) is 1.60. The highest BCUT2D eigenvalue weighted by Crippen LogP contribution is 2.41. The molecule has 22 heavy (non-hydrogen) atoms. The van der Waals surface area contributed by atoms with E-state index in [1.807, 2.05) is 18.2 Å². The van der Waals surface area contributed by atoms with Gasteiger partial charge in [-0.25, -0.2) is 0 Å². The SMILES string of the molecule is COc1ccc(Cl)cc1C1=C2OC(CN)OC2=CCC(Cl)=C1. The van der Waals surface area contributed by atoms with Gasteiger partial charge < -0.3 is 19.9 Å². The molecule has 1 unspecified atom stereocenters. The minimum atomic E-state index is -0.494. The third-order valence-corrected chi connectivity index (χ3v) is 3.90. The van der Waals surface area contributed by atoms with E-state index in [1.54, 1.807) is 19.2 Å². The number of rotatable bonds is 3. The fraction of sp³-hybridized carbons (Fsp3) is 0.250. The molecule has 1 aromatic carbocycles. The van der Waals surface area contributed by atoms with Gasteiger partial charge >= 0.3 is 0 Å². The zero-order valence-corrected chi connectivity index (χ0v) is 13.4. The first-order valence-electron chi connectivity index (χ1n) is 6.80. The van der Waals surface area contributed by atoms with Gasteiger partial charge in [0.2, 0.25) is 0 Å². The normalized spacial score (nSPS) is 20.5. The number of hydrogen-bond donors (Lipinski definition) is 1. The average Bonchev–Trinajstić information content (AvgIpc) is 2.87. The molecular weight excluding hydrogens is 325 g/mol. The third kappa shape index (κ3) is 2.82. The van der Waals surface area contributed by atoms with E-state index in [0.29, 0.717) is 33.7 Å². The molecule has 0 bridgehead atoms. The molecule has 2 N–H and O–H groups in total. The summed E-state index contributed by atoms with van der Waals surface area (Å²) in [4.78, 5) is 0. The topological polar surface area (TPSA) is 53.7 Å². The van der Waals surface area contributed by atoms with Gasteiger partial charge in [0.05, 0.1) is 13.7 Å². The number of hydrogen-bond acceptors (Lipinski definition) is 4. The van der Waals surface area contributed by atoms with Crippen molar-refractivity contribution in [3.63, 3.8) is 0 Å². The maximum atomic E-state index is 6.26. The monoisotopic (exact) mass is 339 g/mol. The molecule has 0 saturated carbocycles. The van der Waals surface area contributed by atoms with Crippen LogP contribution in [0.5, 0.6) is 5.75 Å². The van der Waals surface area contributed by atoms with Crippen LogP contribution in [0.15, 0.2) is 46.9 Å². The average molecular weight is 340 g/mol. The Balaban J connectivity index is 2.19. The van der Waals surface area contributed by atoms with Crippen LogP contribution in [0.2, 0.25) is 5.02 Å². The van der Waals surface area contributed by atoms with Crippen LogP contribution in [-0.4, -0.2) is 19.9 Å². The van der Waals surface area contributed by atoms with Crippen molar-refractivity contribution in [1.82, 2.24) is 0 Å². The summed E-state index contributed by atoms with van der Waals surface area (Å²) in [6.07, 6.45) is 3.80. The number of allylic oxidation sites excluding steroid dienone is 4. The lowest BCUT2D eigenvalue weighted by Crippen LogP contribution is -2.19. The van der Waals surface area contributed by atoms with Crippen molar-refractivity contribution in [3.05, 3.63) is 57.5 Å². The van der Waals surface area contributed by atoms with Gasteiger partial charge in [0, 0.05) is 27.6 Å². The van der Waals surface area contributed by atoms with Gasteiger partial charge in [-0.2, -0.15) is 0 Å². The van der Waals surface area contributed by atoms with Crippen LogP contribution in [0.4, 0.5) is 0 Å². The molecule has 3 rings (SSSR count). The molecule has 2 aliphatic rings. The van der Waals surface area contributed by atoms with Crippen LogP contribution in [0.1, 0.15) is 12.0 Å². The second-order valence-electron chi connectivity index (χ2n) is 4.85. The fourth-order valence-electron chi connectivity index (χ4n) is 2.40. The molecule has 0 spiro atoms. The summed E-state index contributed by atoms with van der Waals surface area (Å²) < 4.78 is 16.9. The molecule has 4 nitrogen and oxygen atoms in total. The molecule has 0 radical (unpaired) electrons. The molecule has 1 aliphatic carbocycles. The number of ether oxygens (including phenoxy) is 3. The van der Waals surface area contributed by atoms with Gasteiger partial charge in [-0.05, 0) is 30.4 Å². The smallest absolute Gasteiger partial charge is 0.253 e. The van der Waals surface area contributed by atoms with Crippen LogP contribution in [0, 0.1) is 0 Å². The predicted octanol–water partition coefficient (Wildman–Crippen LogP) is 3.80. The number of methoxy groups -OCH3 is 1. The van der Waals surface area contributed by atoms with Crippen molar-refractivity contribution < 1.29 is 14.2 Å². The molecule has 1 saturated heterocycles. The maximum absolute atomic E-state index is 6.26. The van der Waals surface area contributed by atoms with Crippen molar-refractivity contribution in [1.29, 1.82) is 0 Å². The summed E-state index contributed by atoms with van der Waals surface area (Å²) in [5, 5.41) is 1.26. The quantitative estimate of drug-likeness (QED) is 0.909. The van der Waals surface area contributed by atoms with Crippen molar-refractivity contribution in [2.45, 2.75) is 12.7 Å². The highest BCUT2D eigenvalue weighted by Gasteiger charge is 2.31. The van der Waals surface area contributed by atoms with Crippen LogP contribution in [0.3, 0.4) is 0 Å². The lowest BCUT2D eigenvalue weighted by Gasteiger charge is -2.12. The zero-order chi connectivity index (χ0) is 15.7. The lowest BCUT2D eigenvalue weighted by atomic mass is 10.0. The second kappa shape index (κ2) is 6.24. The highest BCUT2D eigenvalue weighted by atomic mass is 35.5. The van der Waals surface area contributed by atoms with E-state index in [2.05, 4.69) is 0 Å². The summed E-state index contributed by atoms with van der Waals surface area (Å²) in [5.41, 5.74) is 7.19. The summed E-state index contributed by atoms with van der Waals surface area (Å²) in [6, 6.07) is 5.38. The van der Waals surface area contributed by atoms with E-state index in [1.165, 1.54) is 0 Å². The van der Waals surface area contributed by atoms with Crippen molar-refractivity contribution >= 4 is 28.8 Å². The Kier molecular flexibility index (Phi) is 4.34. The second-order valence-corrected chi connectivity index (χ2v) is 5.77. The zero-order valence-electron chi connectivity index (χ0n) is 11.9. The Hall–Kier alpha value is -1.62. The van der Waals surface area contributed by atoms with Crippen molar-refractivity contribution in [3.8, 4) is 5.75 Å². The van der Waals surface area contributed by atoms with E-state index >= 15 is 0 Å². The van der Waals surface area contributed by atoms with Crippen molar-refractivity contribution in [2.75, 3.05) is 13.7 Å². The van der Waals surface area contributed by atoms with Gasteiger partial charge in [-0.3, -0.25) is 0 Å². The first-order chi connectivity index (χ1) is 10.6. The standard InChI is InChI=1S/C16H15Cl2NO3/c1-20-13-4-2-9(17)6-11(13)12-7-10(18)3-5-14-16(12)22-15(8-19)21-14/h2,4-7,15H,3,8,19H2,1H3. The van der Waals surface area contributed by atoms with E-state index in [4.69, 9.17) is 43.1 Å². The largest absolute Gasteiger partial charge is 0.496 e. The van der Waals surface area contributed by atoms with Crippen LogP contribution in [0.25, 0.3) is 5.57 Å². The molecule has 6 heteroatoms. The van der Waals surface area contributed by atoms with Gasteiger partial charge in [-0.15, -0.1) is 0 Å². The van der Waals surface area contributed by atoms with E-state index in [-0.39, 0.29) is 6.54 Å². The van der Waals surface area contributed by atoms with E-state index in [9.17, 15) is 0 Å². The van der Waals surface area contributed by atoms with E-state index < -0.39 is 6.29 Å². The van der Waals surface area contributed by atoms with Gasteiger partial charge in [-0.1, -0.05) is 23.2 Å². The molecule has 0 amide bonds. The number of benzene rings is 1. The van der Waals surface area contributed by atoms with Crippen LogP contribution < -0.4 is 10.5 Å². The predicted molar refractivity (Wildman–Crippen MR) is 86.6 cm³/mol. The minimum absolute atomic E-state index is 0.262. The molecule has 1 aliphatic heterocycles. The van der Waals surface area contributed by atoms with Gasteiger partial charge in [0.25, 0.3) is 6.29 Å². The Bertz CT molecular complexity index is 695. The summed E-state index contributed by atoms with van der Waals surface area (Å²) in [5.74, 6) is 1.92. The Morgan fingerprint density at radius 3 is 2.86 bits per heavy atom. The first kappa shape index (κ1) is 15.3. The molecule has 116 valence electrons. The maximum Gasteiger partial charge on any atom is 0.253 e. The molecule has 1 atom stereocenters. The Morgan fingerprint density at radius 2 is 2.14 bits per heavy atom. The van der Waals surface area contributed by atoms with Gasteiger partial charge in [0.15, 0.2) is 11.5 Å². The van der Waals surface area contributed by atoms with Crippen LogP contribution >= 0.6 is 23.2 Å². The third-order valence-electron chi connectivity index (χ3n) is 3.40.